The summed E-state index contributed by atoms with van der Waals surface area (Å²) in [5.41, 5.74) is 8.72. The van der Waals surface area contributed by atoms with Crippen LogP contribution in [0.3, 0.4) is 0 Å². The predicted octanol–water partition coefficient (Wildman–Crippen LogP) is 14.5. The Morgan fingerprint density at radius 1 is 0.800 bits per heavy atom. The molecule has 0 aromatic rings. The van der Waals surface area contributed by atoms with Crippen molar-refractivity contribution in [1.29, 1.82) is 0 Å². The Balaban J connectivity index is -0.000000128. The van der Waals surface area contributed by atoms with Gasteiger partial charge in [-0.3, -0.25) is 9.59 Å². The summed E-state index contributed by atoms with van der Waals surface area (Å²) < 4.78 is 0. The maximum Gasteiger partial charge on any atom is 0.244 e. The van der Waals surface area contributed by atoms with Gasteiger partial charge in [0, 0.05) is 65.4 Å². The second kappa shape index (κ2) is 44.4. The lowest BCUT2D eigenvalue weighted by atomic mass is 9.82. The largest absolute Gasteiger partial charge is 0.378 e. The zero-order valence-corrected chi connectivity index (χ0v) is 45.6. The van der Waals surface area contributed by atoms with Crippen LogP contribution in [0.4, 0.5) is 0 Å². The van der Waals surface area contributed by atoms with Crippen molar-refractivity contribution < 1.29 is 9.59 Å². The first-order valence-corrected chi connectivity index (χ1v) is 24.3. The number of rotatable bonds is 18. The molecular formula is C53H113N5O2. The van der Waals surface area contributed by atoms with Crippen molar-refractivity contribution in [2.24, 2.45) is 52.6 Å². The average molecular weight is 853 g/mol. The highest BCUT2D eigenvalue weighted by atomic mass is 16.2. The number of carbonyl (C=O) groups is 2. The van der Waals surface area contributed by atoms with E-state index in [1.54, 1.807) is 14.1 Å². The summed E-state index contributed by atoms with van der Waals surface area (Å²) in [6.07, 6.45) is 10.0. The number of nitrogens with one attached hydrogen (secondary N) is 2. The summed E-state index contributed by atoms with van der Waals surface area (Å²) in [7, 11) is 7.52. The number of allylic oxidation sites excluding steroid dienone is 1. The van der Waals surface area contributed by atoms with E-state index in [1.165, 1.54) is 61.6 Å². The molecule has 4 N–H and O–H groups in total. The summed E-state index contributed by atoms with van der Waals surface area (Å²) in [5.74, 6) is 5.45. The number of primary amides is 1. The van der Waals surface area contributed by atoms with E-state index in [4.69, 9.17) is 5.73 Å². The number of nitrogens with zero attached hydrogens (tertiary/aromatic N) is 2. The number of carbonyl (C=O) groups excluding carboxylic acids is 2. The van der Waals surface area contributed by atoms with Gasteiger partial charge in [-0.15, -0.1) is 0 Å². The van der Waals surface area contributed by atoms with Gasteiger partial charge in [0.1, 0.15) is 0 Å². The van der Waals surface area contributed by atoms with Crippen molar-refractivity contribution >= 4 is 11.8 Å². The molecule has 0 saturated heterocycles. The van der Waals surface area contributed by atoms with Crippen LogP contribution in [0.5, 0.6) is 0 Å². The Hall–Kier alpha value is -2.70. The Labute approximate surface area is 379 Å². The third-order valence-corrected chi connectivity index (χ3v) is 10.3. The van der Waals surface area contributed by atoms with Crippen LogP contribution in [0.25, 0.3) is 0 Å². The molecule has 0 heterocycles. The van der Waals surface area contributed by atoms with Gasteiger partial charge in [0.2, 0.25) is 11.8 Å². The van der Waals surface area contributed by atoms with Crippen molar-refractivity contribution in [2.75, 3.05) is 34.7 Å². The van der Waals surface area contributed by atoms with Crippen molar-refractivity contribution in [3.63, 3.8) is 0 Å². The maximum atomic E-state index is 10.7. The Morgan fingerprint density at radius 2 is 1.22 bits per heavy atom. The fraction of sp³-hybridized carbons (Fsp3) is 0.811. The van der Waals surface area contributed by atoms with Crippen LogP contribution in [0.15, 0.2) is 49.0 Å². The third-order valence-electron chi connectivity index (χ3n) is 10.3. The molecule has 2 amide bonds. The topological polar surface area (TPSA) is 90.7 Å². The van der Waals surface area contributed by atoms with Crippen LogP contribution in [-0.2, 0) is 9.59 Å². The fourth-order valence-electron chi connectivity index (χ4n) is 5.78. The first kappa shape index (κ1) is 71.8. The monoisotopic (exact) mass is 852 g/mol. The number of nitrogens with two attached hydrogens (primary N) is 1. The molecule has 0 spiro atoms. The van der Waals surface area contributed by atoms with Gasteiger partial charge in [-0.25, -0.2) is 0 Å². The molecular weight excluding hydrogens is 739 g/mol. The number of amides is 2. The van der Waals surface area contributed by atoms with Crippen molar-refractivity contribution in [3.05, 3.63) is 49.0 Å². The zero-order chi connectivity index (χ0) is 49.5. The summed E-state index contributed by atoms with van der Waals surface area (Å²) in [5, 5.41) is 6.52. The first-order valence-electron chi connectivity index (χ1n) is 24.3. The molecule has 5 atom stereocenters. The van der Waals surface area contributed by atoms with Crippen LogP contribution in [0.2, 0.25) is 0 Å². The summed E-state index contributed by atoms with van der Waals surface area (Å²) in [4.78, 5) is 24.6. The van der Waals surface area contributed by atoms with E-state index in [9.17, 15) is 9.59 Å². The number of hydrogen-bond acceptors (Lipinski definition) is 5. The van der Waals surface area contributed by atoms with Crippen LogP contribution in [0.1, 0.15) is 197 Å². The lowest BCUT2D eigenvalue weighted by Gasteiger charge is -2.29. The van der Waals surface area contributed by atoms with Gasteiger partial charge in [0.15, 0.2) is 0 Å². The molecule has 362 valence electrons. The average Bonchev–Trinajstić information content (AvgIpc) is 4.17. The second-order valence-electron chi connectivity index (χ2n) is 17.0. The molecule has 0 aromatic heterocycles. The van der Waals surface area contributed by atoms with Crippen molar-refractivity contribution in [1.82, 2.24) is 20.4 Å². The van der Waals surface area contributed by atoms with E-state index >= 15 is 0 Å². The van der Waals surface area contributed by atoms with Gasteiger partial charge in [0.25, 0.3) is 0 Å². The van der Waals surface area contributed by atoms with Crippen molar-refractivity contribution in [2.45, 2.75) is 203 Å². The van der Waals surface area contributed by atoms with Gasteiger partial charge in [-0.2, -0.15) is 0 Å². The van der Waals surface area contributed by atoms with E-state index in [0.29, 0.717) is 28.9 Å². The molecule has 0 aromatic carbocycles. The molecule has 0 bridgehead atoms. The van der Waals surface area contributed by atoms with E-state index in [1.807, 2.05) is 83.2 Å². The minimum atomic E-state index is -0.349. The lowest BCUT2D eigenvalue weighted by Crippen LogP contribution is -2.38. The molecule has 2 saturated carbocycles. The van der Waals surface area contributed by atoms with E-state index in [2.05, 4.69) is 111 Å². The smallest absolute Gasteiger partial charge is 0.244 e. The molecule has 2 aliphatic carbocycles. The highest BCUT2D eigenvalue weighted by Gasteiger charge is 2.41. The van der Waals surface area contributed by atoms with Crippen LogP contribution >= 0.6 is 0 Å². The Kier molecular flexibility index (Phi) is 53.1. The minimum absolute atomic E-state index is 0.0926. The lowest BCUT2D eigenvalue weighted by molar-refractivity contribution is -0.126. The second-order valence-corrected chi connectivity index (χ2v) is 17.0. The van der Waals surface area contributed by atoms with Gasteiger partial charge >= 0.3 is 0 Å². The minimum Gasteiger partial charge on any atom is -0.378 e. The summed E-state index contributed by atoms with van der Waals surface area (Å²) in [6.45, 7) is 61.2. The SMILES string of the molecule is C=C(C(N)=O)C(C)CC1CC1.C=C(NC)NC(CC(=C)N(C)C[C@@H]1C[C@@H]1C(C)C(=C)C)C(C)C.CC.CC.CC.CC.CC.CC(=O)N(C)C.CCC(CC)CC(C)(C)C. The first-order chi connectivity index (χ1) is 27.9. The zero-order valence-electron chi connectivity index (χ0n) is 45.6. The van der Waals surface area contributed by atoms with Crippen LogP contribution < -0.4 is 16.4 Å². The molecule has 3 unspecified atom stereocenters. The molecule has 2 fully saturated rings. The highest BCUT2D eigenvalue weighted by molar-refractivity contribution is 5.91. The molecule has 2 aliphatic rings. The predicted molar refractivity (Wildman–Crippen MR) is 276 cm³/mol. The van der Waals surface area contributed by atoms with E-state index in [-0.39, 0.29) is 17.7 Å². The van der Waals surface area contributed by atoms with Crippen molar-refractivity contribution in [3.8, 4) is 0 Å². The standard InChI is InChI=1S/C20H37N3.C10H22.C9H15NO.C4H9NO.5C2H6/c1-13(2)16(6)19-11-18(19)12-23(9)15(5)10-20(14(3)4)22-17(7)21-8;1-6-9(7-2)8-10(3,4)5;1-6(5-8-3-4-8)7(2)9(10)11;1-4(6)5(2)3;5*1-2/h14,16,18-22H,1,5,7,10-12H2,2-4,6,8-9H3;9H,6-8H2,1-5H3;6,8H,2-5H2,1H3,(H2,10,11);1-3H3;5*1-2H3/t16?,18-,19+,20?;;;;;;;;/m0......../s1. The molecule has 60 heavy (non-hydrogen) atoms. The highest BCUT2D eigenvalue weighted by Crippen LogP contribution is 2.47. The van der Waals surface area contributed by atoms with E-state index in [0.717, 1.165) is 48.9 Å². The molecule has 0 aliphatic heterocycles. The number of hydrogen-bond donors (Lipinski definition) is 3. The van der Waals surface area contributed by atoms with Gasteiger partial charge in [-0.1, -0.05) is 189 Å². The molecule has 7 heteroatoms. The fourth-order valence-corrected chi connectivity index (χ4v) is 5.78. The molecule has 2 rings (SSSR count). The van der Waals surface area contributed by atoms with Gasteiger partial charge < -0.3 is 26.2 Å². The van der Waals surface area contributed by atoms with E-state index < -0.39 is 0 Å². The van der Waals surface area contributed by atoms with Crippen LogP contribution in [-0.4, -0.2) is 62.4 Å². The molecule has 7 nitrogen and oxygen atoms in total. The van der Waals surface area contributed by atoms with Crippen LogP contribution in [0, 0.1) is 46.8 Å². The quantitative estimate of drug-likeness (QED) is 0.0944. The van der Waals surface area contributed by atoms with Gasteiger partial charge in [-0.05, 0) is 73.0 Å². The summed E-state index contributed by atoms with van der Waals surface area (Å²) >= 11 is 0. The summed E-state index contributed by atoms with van der Waals surface area (Å²) in [6, 6.07) is 0.356. The Morgan fingerprint density at radius 3 is 1.48 bits per heavy atom. The Bertz CT molecular complexity index is 1050. The normalized spacial score (nSPS) is 15.4. The van der Waals surface area contributed by atoms with Gasteiger partial charge in [0.05, 0.1) is 5.82 Å². The molecule has 0 radical (unpaired) electrons. The maximum absolute atomic E-state index is 10.7. The third kappa shape index (κ3) is 43.4.